The van der Waals surface area contributed by atoms with Gasteiger partial charge in [-0.05, 0) is 25.0 Å². The quantitative estimate of drug-likeness (QED) is 0.842. The molecule has 1 heterocycles. The molecule has 1 saturated heterocycles. The van der Waals surface area contributed by atoms with E-state index < -0.39 is 23.7 Å². The first-order chi connectivity index (χ1) is 9.89. The summed E-state index contributed by atoms with van der Waals surface area (Å²) in [5.41, 5.74) is -1.35. The van der Waals surface area contributed by atoms with Gasteiger partial charge in [-0.25, -0.2) is 9.69 Å². The first kappa shape index (κ1) is 13.9. The van der Waals surface area contributed by atoms with Crippen LogP contribution in [0.5, 0.6) is 0 Å². The second-order valence-corrected chi connectivity index (χ2v) is 5.20. The number of alkyl halides is 3. The third-order valence-corrected chi connectivity index (χ3v) is 3.69. The van der Waals surface area contributed by atoms with Gasteiger partial charge in [0.05, 0.1) is 11.3 Å². The highest BCUT2D eigenvalue weighted by atomic mass is 19.4. The number of para-hydroxylation sites is 1. The third-order valence-electron chi connectivity index (χ3n) is 3.69. The minimum atomic E-state index is -4.61. The topological polar surface area (TPSA) is 40.6 Å². The van der Waals surface area contributed by atoms with Crippen LogP contribution >= 0.6 is 0 Å². The van der Waals surface area contributed by atoms with Crippen molar-refractivity contribution < 1.29 is 22.8 Å². The van der Waals surface area contributed by atoms with Crippen LogP contribution in [0.25, 0.3) is 0 Å². The lowest BCUT2D eigenvalue weighted by Crippen LogP contribution is -2.53. The van der Waals surface area contributed by atoms with Crippen LogP contribution < -0.4 is 4.90 Å². The summed E-state index contributed by atoms with van der Waals surface area (Å²) >= 11 is 0. The van der Waals surface area contributed by atoms with Gasteiger partial charge in [0.2, 0.25) is 5.91 Å². The van der Waals surface area contributed by atoms with Crippen LogP contribution in [0.1, 0.15) is 24.8 Å². The van der Waals surface area contributed by atoms with Crippen molar-refractivity contribution in [3.05, 3.63) is 29.8 Å². The normalized spacial score (nSPS) is 20.1. The van der Waals surface area contributed by atoms with Crippen molar-refractivity contribution in [2.24, 2.45) is 0 Å². The zero-order valence-corrected chi connectivity index (χ0v) is 11.1. The summed E-state index contributed by atoms with van der Waals surface area (Å²) in [7, 11) is 0. The van der Waals surface area contributed by atoms with Gasteiger partial charge in [-0.15, -0.1) is 0 Å². The molecule has 0 atom stereocenters. The van der Waals surface area contributed by atoms with Crippen molar-refractivity contribution in [1.29, 1.82) is 0 Å². The van der Waals surface area contributed by atoms with Crippen LogP contribution in [0.4, 0.5) is 23.7 Å². The van der Waals surface area contributed by atoms with E-state index in [0.29, 0.717) is 4.90 Å². The third kappa shape index (κ3) is 2.48. The monoisotopic (exact) mass is 298 g/mol. The maximum absolute atomic E-state index is 13.1. The number of hydrogen-bond donors (Lipinski definition) is 0. The second kappa shape index (κ2) is 4.75. The fraction of sp³-hybridized carbons (Fsp3) is 0.429. The predicted octanol–water partition coefficient (Wildman–Crippen LogP) is 3.03. The van der Waals surface area contributed by atoms with Crippen molar-refractivity contribution in [1.82, 2.24) is 4.90 Å². The van der Waals surface area contributed by atoms with Gasteiger partial charge in [-0.2, -0.15) is 13.2 Å². The van der Waals surface area contributed by atoms with Gasteiger partial charge in [-0.1, -0.05) is 12.1 Å². The highest BCUT2D eigenvalue weighted by molar-refractivity contribution is 6.16. The van der Waals surface area contributed by atoms with E-state index in [0.717, 1.165) is 25.0 Å². The van der Waals surface area contributed by atoms with E-state index in [4.69, 9.17) is 0 Å². The summed E-state index contributed by atoms with van der Waals surface area (Å²) in [6.45, 7) is 0.285. The molecule has 3 rings (SSSR count). The highest BCUT2D eigenvalue weighted by Crippen LogP contribution is 2.39. The van der Waals surface area contributed by atoms with Gasteiger partial charge in [0.1, 0.15) is 0 Å². The molecule has 112 valence electrons. The number of carbonyl (C=O) groups is 2. The van der Waals surface area contributed by atoms with Gasteiger partial charge >= 0.3 is 12.2 Å². The van der Waals surface area contributed by atoms with Gasteiger partial charge in [0, 0.05) is 19.0 Å². The number of imide groups is 1. The lowest BCUT2D eigenvalue weighted by molar-refractivity contribution is -0.137. The summed E-state index contributed by atoms with van der Waals surface area (Å²) in [6, 6.07) is 4.09. The first-order valence-electron chi connectivity index (χ1n) is 6.69. The molecule has 0 radical (unpaired) electrons. The predicted molar refractivity (Wildman–Crippen MR) is 68.7 cm³/mol. The van der Waals surface area contributed by atoms with Crippen LogP contribution in [0.2, 0.25) is 0 Å². The van der Waals surface area contributed by atoms with E-state index >= 15 is 0 Å². The van der Waals surface area contributed by atoms with Crippen LogP contribution in [0.3, 0.4) is 0 Å². The molecule has 1 aliphatic carbocycles. The fourth-order valence-electron chi connectivity index (χ4n) is 2.53. The molecule has 1 saturated carbocycles. The Labute approximate surface area is 119 Å². The SMILES string of the molecule is O=C1CCN(C2CC2)C(=O)N1c1ccccc1C(F)(F)F. The average molecular weight is 298 g/mol. The number of halogens is 3. The molecule has 21 heavy (non-hydrogen) atoms. The van der Waals surface area contributed by atoms with Gasteiger partial charge in [-0.3, -0.25) is 4.79 Å². The number of anilines is 1. The Morgan fingerprint density at radius 1 is 1.10 bits per heavy atom. The van der Waals surface area contributed by atoms with Crippen LogP contribution in [-0.4, -0.2) is 29.4 Å². The van der Waals surface area contributed by atoms with E-state index in [1.807, 2.05) is 0 Å². The van der Waals surface area contributed by atoms with Gasteiger partial charge in [0.15, 0.2) is 0 Å². The Balaban J connectivity index is 2.01. The number of hydrogen-bond acceptors (Lipinski definition) is 2. The number of benzene rings is 1. The van der Waals surface area contributed by atoms with Crippen molar-refractivity contribution in [2.45, 2.75) is 31.5 Å². The molecule has 2 fully saturated rings. The van der Waals surface area contributed by atoms with E-state index in [2.05, 4.69) is 0 Å². The zero-order chi connectivity index (χ0) is 15.2. The average Bonchev–Trinajstić information content (AvgIpc) is 3.23. The van der Waals surface area contributed by atoms with Crippen LogP contribution in [0.15, 0.2) is 24.3 Å². The molecule has 4 nitrogen and oxygen atoms in total. The number of amides is 3. The zero-order valence-electron chi connectivity index (χ0n) is 11.1. The number of urea groups is 1. The minimum absolute atomic E-state index is 0.0500. The van der Waals surface area contributed by atoms with Crippen molar-refractivity contribution in [3.63, 3.8) is 0 Å². The van der Waals surface area contributed by atoms with Crippen LogP contribution in [-0.2, 0) is 11.0 Å². The van der Waals surface area contributed by atoms with Gasteiger partial charge in [0.25, 0.3) is 0 Å². The molecular formula is C14H13F3N2O2. The van der Waals surface area contributed by atoms with Crippen molar-refractivity contribution in [2.75, 3.05) is 11.4 Å². The highest BCUT2D eigenvalue weighted by Gasteiger charge is 2.44. The van der Waals surface area contributed by atoms with Crippen molar-refractivity contribution in [3.8, 4) is 0 Å². The molecule has 0 unspecified atom stereocenters. The minimum Gasteiger partial charge on any atom is -0.320 e. The van der Waals surface area contributed by atoms with E-state index in [1.54, 1.807) is 0 Å². The number of nitrogens with zero attached hydrogens (tertiary/aromatic N) is 2. The molecule has 0 aromatic heterocycles. The largest absolute Gasteiger partial charge is 0.418 e. The lowest BCUT2D eigenvalue weighted by atomic mass is 10.1. The molecule has 1 aromatic rings. The Kier molecular flexibility index (Phi) is 3.15. The molecule has 7 heteroatoms. The Bertz CT molecular complexity index is 596. The molecule has 1 aliphatic heterocycles. The summed E-state index contributed by atoms with van der Waals surface area (Å²) in [6.07, 6.45) is -2.88. The number of rotatable bonds is 2. The molecule has 3 amide bonds. The number of carbonyl (C=O) groups excluding carboxylic acids is 2. The fourth-order valence-corrected chi connectivity index (χ4v) is 2.53. The molecule has 0 N–H and O–H groups in total. The molecular weight excluding hydrogens is 285 g/mol. The maximum atomic E-state index is 13.1. The lowest BCUT2D eigenvalue weighted by Gasteiger charge is -2.35. The summed E-state index contributed by atoms with van der Waals surface area (Å²) < 4.78 is 39.2. The smallest absolute Gasteiger partial charge is 0.320 e. The second-order valence-electron chi connectivity index (χ2n) is 5.20. The first-order valence-corrected chi connectivity index (χ1v) is 6.69. The summed E-state index contributed by atoms with van der Waals surface area (Å²) in [5, 5.41) is 0. The Morgan fingerprint density at radius 3 is 2.38 bits per heavy atom. The Hall–Kier alpha value is -2.05. The van der Waals surface area contributed by atoms with E-state index in [-0.39, 0.29) is 24.7 Å². The molecule has 1 aromatic carbocycles. The van der Waals surface area contributed by atoms with E-state index in [9.17, 15) is 22.8 Å². The molecule has 0 spiro atoms. The summed E-state index contributed by atoms with van der Waals surface area (Å²) in [4.78, 5) is 26.5. The van der Waals surface area contributed by atoms with Crippen LogP contribution in [0, 0.1) is 0 Å². The Morgan fingerprint density at radius 2 is 1.76 bits per heavy atom. The van der Waals surface area contributed by atoms with E-state index in [1.165, 1.54) is 17.0 Å². The standard InChI is InChI=1S/C14H13F3N2O2/c15-14(16,17)10-3-1-2-4-11(10)19-12(20)7-8-18(13(19)21)9-5-6-9/h1-4,9H,5-8H2. The summed E-state index contributed by atoms with van der Waals surface area (Å²) in [5.74, 6) is -0.589. The maximum Gasteiger partial charge on any atom is 0.418 e. The van der Waals surface area contributed by atoms with Crippen molar-refractivity contribution >= 4 is 17.6 Å². The molecule has 2 aliphatic rings. The molecule has 0 bridgehead atoms. The van der Waals surface area contributed by atoms with Gasteiger partial charge < -0.3 is 4.90 Å².